The van der Waals surface area contributed by atoms with Crippen LogP contribution in [0.1, 0.15) is 17.5 Å². The van der Waals surface area contributed by atoms with Gasteiger partial charge in [0.2, 0.25) is 0 Å². The number of aryl methyl sites for hydroxylation is 2. The van der Waals surface area contributed by atoms with Crippen LogP contribution in [0.25, 0.3) is 0 Å². The molecule has 0 nitrogen and oxygen atoms in total. The minimum atomic E-state index is 1.20. The van der Waals surface area contributed by atoms with Crippen molar-refractivity contribution in [2.45, 2.75) is 30.1 Å². The molecule has 0 aliphatic heterocycles. The number of thioether (sulfide) groups is 2. The predicted octanol–water partition coefficient (Wildman–Crippen LogP) is 5.58. The second kappa shape index (κ2) is 7.66. The molecule has 2 aromatic rings. The van der Waals surface area contributed by atoms with Gasteiger partial charge in [-0.25, -0.2) is 0 Å². The van der Waals surface area contributed by atoms with E-state index in [1.54, 1.807) is 0 Å². The minimum absolute atomic E-state index is 1.20. The molecule has 0 amide bonds. The molecule has 0 atom stereocenters. The Bertz CT molecular complexity index is 438. The maximum absolute atomic E-state index is 2.22. The largest absolute Gasteiger partial charge is 0.126 e. The third-order valence-corrected chi connectivity index (χ3v) is 5.06. The Morgan fingerprint density at radius 1 is 0.632 bits per heavy atom. The van der Waals surface area contributed by atoms with Gasteiger partial charge in [0.05, 0.1) is 0 Å². The zero-order chi connectivity index (χ0) is 13.5. The van der Waals surface area contributed by atoms with Crippen LogP contribution in [0, 0.1) is 13.8 Å². The average Bonchev–Trinajstić information content (AvgIpc) is 2.43. The first-order chi connectivity index (χ1) is 9.24. The van der Waals surface area contributed by atoms with Gasteiger partial charge in [0.25, 0.3) is 0 Å². The lowest BCUT2D eigenvalue weighted by molar-refractivity contribution is 1.12. The van der Waals surface area contributed by atoms with E-state index in [4.69, 9.17) is 0 Å². The van der Waals surface area contributed by atoms with Crippen molar-refractivity contribution in [3.05, 3.63) is 59.7 Å². The molecule has 0 saturated heterocycles. The summed E-state index contributed by atoms with van der Waals surface area (Å²) in [6.45, 7) is 4.26. The monoisotopic (exact) mass is 288 g/mol. The summed E-state index contributed by atoms with van der Waals surface area (Å²) >= 11 is 3.91. The van der Waals surface area contributed by atoms with E-state index in [0.717, 1.165) is 0 Å². The highest BCUT2D eigenvalue weighted by molar-refractivity contribution is 8.00. The van der Waals surface area contributed by atoms with Crippen LogP contribution in [0.5, 0.6) is 0 Å². The first kappa shape index (κ1) is 14.5. The van der Waals surface area contributed by atoms with Crippen molar-refractivity contribution in [1.29, 1.82) is 0 Å². The van der Waals surface area contributed by atoms with Crippen LogP contribution >= 0.6 is 23.5 Å². The Balaban J connectivity index is 1.64. The van der Waals surface area contributed by atoms with Gasteiger partial charge >= 0.3 is 0 Å². The smallest absolute Gasteiger partial charge is 0.00721 e. The molecule has 2 aromatic carbocycles. The summed E-state index contributed by atoms with van der Waals surface area (Å²) in [6, 6.07) is 17.6. The molecule has 0 N–H and O–H groups in total. The molecular weight excluding hydrogens is 268 g/mol. The number of hydrogen-bond acceptors (Lipinski definition) is 2. The summed E-state index contributed by atoms with van der Waals surface area (Å²) < 4.78 is 0. The van der Waals surface area contributed by atoms with Crippen molar-refractivity contribution in [1.82, 2.24) is 0 Å². The highest BCUT2D eigenvalue weighted by atomic mass is 32.2. The Morgan fingerprint density at radius 3 is 1.37 bits per heavy atom. The zero-order valence-electron chi connectivity index (χ0n) is 11.6. The fourth-order valence-electron chi connectivity index (χ4n) is 1.71. The zero-order valence-corrected chi connectivity index (χ0v) is 13.2. The first-order valence-electron chi connectivity index (χ1n) is 6.63. The summed E-state index contributed by atoms with van der Waals surface area (Å²) in [7, 11) is 0. The lowest BCUT2D eigenvalue weighted by atomic mass is 10.2. The van der Waals surface area contributed by atoms with Crippen LogP contribution in [0.15, 0.2) is 58.3 Å². The van der Waals surface area contributed by atoms with E-state index >= 15 is 0 Å². The molecular formula is C17H20S2. The number of rotatable bonds is 6. The van der Waals surface area contributed by atoms with Gasteiger partial charge in [-0.05, 0) is 56.0 Å². The second-order valence-electron chi connectivity index (χ2n) is 4.68. The van der Waals surface area contributed by atoms with Crippen molar-refractivity contribution in [2.75, 3.05) is 11.5 Å². The molecule has 0 radical (unpaired) electrons. The average molecular weight is 288 g/mol. The molecule has 0 bridgehead atoms. The fraction of sp³-hybridized carbons (Fsp3) is 0.294. The van der Waals surface area contributed by atoms with Crippen LogP contribution in [-0.4, -0.2) is 11.5 Å². The third-order valence-electron chi connectivity index (χ3n) is 2.87. The summed E-state index contributed by atoms with van der Waals surface area (Å²) in [6.07, 6.45) is 1.25. The van der Waals surface area contributed by atoms with Gasteiger partial charge in [-0.3, -0.25) is 0 Å². The van der Waals surface area contributed by atoms with Crippen molar-refractivity contribution in [3.63, 3.8) is 0 Å². The van der Waals surface area contributed by atoms with E-state index in [2.05, 4.69) is 62.4 Å². The Hall–Kier alpha value is -0.860. The molecule has 0 aliphatic carbocycles. The van der Waals surface area contributed by atoms with Crippen LogP contribution in [0.4, 0.5) is 0 Å². The van der Waals surface area contributed by atoms with Crippen LogP contribution < -0.4 is 0 Å². The lowest BCUT2D eigenvalue weighted by Gasteiger charge is -2.03. The van der Waals surface area contributed by atoms with E-state index in [-0.39, 0.29) is 0 Å². The Morgan fingerprint density at radius 2 is 1.00 bits per heavy atom. The van der Waals surface area contributed by atoms with E-state index in [0.29, 0.717) is 0 Å². The topological polar surface area (TPSA) is 0 Å². The molecule has 0 aromatic heterocycles. The van der Waals surface area contributed by atoms with Gasteiger partial charge < -0.3 is 0 Å². The number of benzene rings is 2. The van der Waals surface area contributed by atoms with E-state index in [1.165, 1.54) is 38.8 Å². The first-order valence-corrected chi connectivity index (χ1v) is 8.60. The van der Waals surface area contributed by atoms with Crippen molar-refractivity contribution in [3.8, 4) is 0 Å². The van der Waals surface area contributed by atoms with Gasteiger partial charge in [0.15, 0.2) is 0 Å². The quantitative estimate of drug-likeness (QED) is 0.503. The normalized spacial score (nSPS) is 10.6. The molecule has 0 spiro atoms. The predicted molar refractivity (Wildman–Crippen MR) is 88.4 cm³/mol. The standard InChI is InChI=1S/C17H20S2/c1-14-4-8-16(9-5-14)18-12-3-13-19-17-10-6-15(2)7-11-17/h4-11H,3,12-13H2,1-2H3. The van der Waals surface area contributed by atoms with Crippen LogP contribution in [-0.2, 0) is 0 Å². The van der Waals surface area contributed by atoms with E-state index in [1.807, 2.05) is 23.5 Å². The molecule has 2 rings (SSSR count). The molecule has 0 unspecified atom stereocenters. The lowest BCUT2D eigenvalue weighted by Crippen LogP contribution is -1.85. The summed E-state index contributed by atoms with van der Waals surface area (Å²) in [4.78, 5) is 2.76. The maximum atomic E-state index is 2.22. The van der Waals surface area contributed by atoms with E-state index in [9.17, 15) is 0 Å². The van der Waals surface area contributed by atoms with Gasteiger partial charge in [0.1, 0.15) is 0 Å². The second-order valence-corrected chi connectivity index (χ2v) is 7.01. The Labute approximate surface area is 125 Å². The molecule has 2 heteroatoms. The summed E-state index contributed by atoms with van der Waals surface area (Å²) in [5.41, 5.74) is 2.67. The highest BCUT2D eigenvalue weighted by Crippen LogP contribution is 2.23. The fourth-order valence-corrected chi connectivity index (χ4v) is 3.60. The minimum Gasteiger partial charge on any atom is -0.126 e. The maximum Gasteiger partial charge on any atom is 0.00721 e. The molecule has 19 heavy (non-hydrogen) atoms. The highest BCUT2D eigenvalue weighted by Gasteiger charge is 1.96. The van der Waals surface area contributed by atoms with Gasteiger partial charge in [-0.2, -0.15) is 0 Å². The molecule has 0 saturated carbocycles. The summed E-state index contributed by atoms with van der Waals surface area (Å²) in [5.74, 6) is 2.39. The van der Waals surface area contributed by atoms with Gasteiger partial charge in [0, 0.05) is 9.79 Å². The van der Waals surface area contributed by atoms with Crippen LogP contribution in [0.2, 0.25) is 0 Å². The molecule has 0 aliphatic rings. The Kier molecular flexibility index (Phi) is 5.87. The molecule has 100 valence electrons. The molecule has 0 heterocycles. The van der Waals surface area contributed by atoms with E-state index < -0.39 is 0 Å². The van der Waals surface area contributed by atoms with Crippen molar-refractivity contribution < 1.29 is 0 Å². The SMILES string of the molecule is Cc1ccc(SCCCSc2ccc(C)cc2)cc1. The van der Waals surface area contributed by atoms with Crippen molar-refractivity contribution in [2.24, 2.45) is 0 Å². The van der Waals surface area contributed by atoms with Crippen LogP contribution in [0.3, 0.4) is 0 Å². The van der Waals surface area contributed by atoms with Gasteiger partial charge in [-0.1, -0.05) is 35.4 Å². The molecule has 0 fully saturated rings. The third kappa shape index (κ3) is 5.33. The van der Waals surface area contributed by atoms with Gasteiger partial charge in [-0.15, -0.1) is 23.5 Å². The summed E-state index contributed by atoms with van der Waals surface area (Å²) in [5, 5.41) is 0. The van der Waals surface area contributed by atoms with Crippen molar-refractivity contribution >= 4 is 23.5 Å². The number of hydrogen-bond donors (Lipinski definition) is 0.